The summed E-state index contributed by atoms with van der Waals surface area (Å²) in [5, 5.41) is 17.3. The van der Waals surface area contributed by atoms with Crippen molar-refractivity contribution in [2.75, 3.05) is 6.61 Å². The van der Waals surface area contributed by atoms with Crippen molar-refractivity contribution in [3.05, 3.63) is 40.3 Å². The summed E-state index contributed by atoms with van der Waals surface area (Å²) in [6.45, 7) is 3.83. The smallest absolute Gasteiger partial charge is 0.274 e. The monoisotopic (exact) mass is 303 g/mol. The molecular formula is C16H21N3O3. The van der Waals surface area contributed by atoms with E-state index in [0.29, 0.717) is 10.8 Å². The predicted octanol–water partition coefficient (Wildman–Crippen LogP) is 1.07. The molecule has 6 nitrogen and oxygen atoms in total. The normalized spacial score (nSPS) is 13.8. The molecule has 1 amide bonds. The minimum Gasteiger partial charge on any atom is -0.394 e. The van der Waals surface area contributed by atoms with E-state index in [1.165, 1.54) is 7.05 Å². The summed E-state index contributed by atoms with van der Waals surface area (Å²) in [5.74, 6) is -0.237. The Balaban J connectivity index is 2.44. The third-order valence-corrected chi connectivity index (χ3v) is 4.02. The zero-order chi connectivity index (χ0) is 16.3. The Bertz CT molecular complexity index is 739. The van der Waals surface area contributed by atoms with Gasteiger partial charge in [0.15, 0.2) is 5.69 Å². The highest BCUT2D eigenvalue weighted by Crippen LogP contribution is 2.14. The minimum absolute atomic E-state index is 0.134. The fourth-order valence-corrected chi connectivity index (χ4v) is 2.36. The second-order valence-corrected chi connectivity index (χ2v) is 5.47. The van der Waals surface area contributed by atoms with Gasteiger partial charge in [-0.25, -0.2) is 4.68 Å². The van der Waals surface area contributed by atoms with Crippen LogP contribution in [0.3, 0.4) is 0 Å². The van der Waals surface area contributed by atoms with E-state index >= 15 is 0 Å². The average molecular weight is 303 g/mol. The summed E-state index contributed by atoms with van der Waals surface area (Å²) in [6.07, 6.45) is 0.840. The van der Waals surface area contributed by atoms with E-state index in [4.69, 9.17) is 0 Å². The first-order valence-corrected chi connectivity index (χ1v) is 7.37. The molecule has 0 aliphatic rings. The molecule has 1 aromatic carbocycles. The number of aryl methyl sites for hydroxylation is 1. The van der Waals surface area contributed by atoms with Crippen molar-refractivity contribution in [3.63, 3.8) is 0 Å². The molecule has 118 valence electrons. The van der Waals surface area contributed by atoms with Crippen molar-refractivity contribution < 1.29 is 9.90 Å². The lowest BCUT2D eigenvalue weighted by Gasteiger charge is -2.22. The van der Waals surface area contributed by atoms with Crippen LogP contribution in [0.2, 0.25) is 0 Å². The molecule has 0 saturated heterocycles. The Hall–Kier alpha value is -2.21. The topological polar surface area (TPSA) is 84.2 Å². The Kier molecular flexibility index (Phi) is 4.92. The van der Waals surface area contributed by atoms with Gasteiger partial charge in [-0.15, -0.1) is 0 Å². The van der Waals surface area contributed by atoms with E-state index in [-0.39, 0.29) is 35.7 Å². The van der Waals surface area contributed by atoms with Crippen LogP contribution in [-0.2, 0) is 7.05 Å². The van der Waals surface area contributed by atoms with Gasteiger partial charge in [0.05, 0.1) is 18.0 Å². The van der Waals surface area contributed by atoms with Crippen molar-refractivity contribution in [1.29, 1.82) is 0 Å². The lowest BCUT2D eigenvalue weighted by atomic mass is 9.99. The Labute approximate surface area is 128 Å². The van der Waals surface area contributed by atoms with Crippen LogP contribution in [0, 0.1) is 5.92 Å². The maximum atomic E-state index is 12.5. The van der Waals surface area contributed by atoms with E-state index in [9.17, 15) is 14.7 Å². The summed E-state index contributed by atoms with van der Waals surface area (Å²) in [6, 6.07) is 6.55. The highest BCUT2D eigenvalue weighted by Gasteiger charge is 2.21. The van der Waals surface area contributed by atoms with E-state index in [0.717, 1.165) is 11.1 Å². The number of benzene rings is 1. The number of aliphatic hydroxyl groups excluding tert-OH is 1. The Morgan fingerprint density at radius 2 is 2.00 bits per heavy atom. The fraction of sp³-hybridized carbons (Fsp3) is 0.438. The molecular weight excluding hydrogens is 282 g/mol. The first-order valence-electron chi connectivity index (χ1n) is 7.37. The van der Waals surface area contributed by atoms with Crippen molar-refractivity contribution in [2.24, 2.45) is 13.0 Å². The summed E-state index contributed by atoms with van der Waals surface area (Å²) in [4.78, 5) is 24.6. The number of aromatic nitrogens is 2. The lowest BCUT2D eigenvalue weighted by Crippen LogP contribution is -2.42. The molecule has 0 radical (unpaired) electrons. The maximum absolute atomic E-state index is 12.5. The molecule has 22 heavy (non-hydrogen) atoms. The highest BCUT2D eigenvalue weighted by atomic mass is 16.3. The lowest BCUT2D eigenvalue weighted by molar-refractivity contribution is 0.0886. The van der Waals surface area contributed by atoms with Gasteiger partial charge in [-0.3, -0.25) is 9.59 Å². The van der Waals surface area contributed by atoms with Crippen LogP contribution in [0.4, 0.5) is 0 Å². The standard InChI is InChI=1S/C16H21N3O3/c1-4-10(2)13(9-20)17-15(21)14-11-7-5-6-8-12(11)16(22)19(3)18-14/h5-8,10,13,20H,4,9H2,1-3H3,(H,17,21)/t10-,13-/m0/s1. The zero-order valence-corrected chi connectivity index (χ0v) is 13.0. The van der Waals surface area contributed by atoms with Gasteiger partial charge < -0.3 is 10.4 Å². The third kappa shape index (κ3) is 3.01. The number of hydrogen-bond donors (Lipinski definition) is 2. The summed E-state index contributed by atoms with van der Waals surface area (Å²) in [7, 11) is 1.52. The molecule has 1 aromatic heterocycles. The van der Waals surface area contributed by atoms with Gasteiger partial charge in [-0.1, -0.05) is 38.5 Å². The van der Waals surface area contributed by atoms with Crippen molar-refractivity contribution >= 4 is 16.7 Å². The van der Waals surface area contributed by atoms with E-state index in [1.54, 1.807) is 24.3 Å². The average Bonchev–Trinajstić information content (AvgIpc) is 2.55. The summed E-state index contributed by atoms with van der Waals surface area (Å²) < 4.78 is 1.16. The van der Waals surface area contributed by atoms with Crippen LogP contribution in [0.15, 0.2) is 29.1 Å². The van der Waals surface area contributed by atoms with Crippen molar-refractivity contribution in [3.8, 4) is 0 Å². The van der Waals surface area contributed by atoms with Crippen molar-refractivity contribution in [1.82, 2.24) is 15.1 Å². The largest absolute Gasteiger partial charge is 0.394 e. The first kappa shape index (κ1) is 16.2. The number of rotatable bonds is 5. The zero-order valence-electron chi connectivity index (χ0n) is 13.0. The van der Waals surface area contributed by atoms with Gasteiger partial charge >= 0.3 is 0 Å². The Morgan fingerprint density at radius 1 is 1.36 bits per heavy atom. The highest BCUT2D eigenvalue weighted by molar-refractivity contribution is 6.04. The third-order valence-electron chi connectivity index (χ3n) is 4.02. The maximum Gasteiger partial charge on any atom is 0.274 e. The van der Waals surface area contributed by atoms with E-state index in [1.807, 2.05) is 13.8 Å². The number of nitrogens with one attached hydrogen (secondary N) is 1. The van der Waals surface area contributed by atoms with Crippen LogP contribution in [0.1, 0.15) is 30.8 Å². The molecule has 1 heterocycles. The van der Waals surface area contributed by atoms with Gasteiger partial charge in [-0.2, -0.15) is 5.10 Å². The van der Waals surface area contributed by atoms with Crippen LogP contribution >= 0.6 is 0 Å². The van der Waals surface area contributed by atoms with E-state index in [2.05, 4.69) is 10.4 Å². The van der Waals surface area contributed by atoms with Crippen LogP contribution in [0.25, 0.3) is 10.8 Å². The predicted molar refractivity (Wildman–Crippen MR) is 84.8 cm³/mol. The quantitative estimate of drug-likeness (QED) is 0.865. The van der Waals surface area contributed by atoms with Crippen LogP contribution in [0.5, 0.6) is 0 Å². The Morgan fingerprint density at radius 3 is 2.59 bits per heavy atom. The number of nitrogens with zero attached hydrogens (tertiary/aromatic N) is 2. The second-order valence-electron chi connectivity index (χ2n) is 5.47. The first-order chi connectivity index (χ1) is 10.5. The summed E-state index contributed by atoms with van der Waals surface area (Å²) in [5.41, 5.74) is -0.0489. The molecule has 0 aliphatic carbocycles. The van der Waals surface area contributed by atoms with Crippen LogP contribution in [-0.4, -0.2) is 33.4 Å². The van der Waals surface area contributed by atoms with Crippen LogP contribution < -0.4 is 10.9 Å². The second kappa shape index (κ2) is 6.70. The number of carbonyl (C=O) groups excluding carboxylic acids is 1. The van der Waals surface area contributed by atoms with Gasteiger partial charge in [0.1, 0.15) is 0 Å². The molecule has 2 N–H and O–H groups in total. The minimum atomic E-state index is -0.383. The van der Waals surface area contributed by atoms with Crippen molar-refractivity contribution in [2.45, 2.75) is 26.3 Å². The molecule has 0 fully saturated rings. The molecule has 0 aliphatic heterocycles. The summed E-state index contributed by atoms with van der Waals surface area (Å²) >= 11 is 0. The number of fused-ring (bicyclic) bond motifs is 1. The van der Waals surface area contributed by atoms with Gasteiger partial charge in [0, 0.05) is 12.4 Å². The molecule has 2 rings (SSSR count). The number of carbonyl (C=O) groups is 1. The fourth-order valence-electron chi connectivity index (χ4n) is 2.36. The molecule has 0 saturated carbocycles. The molecule has 0 unspecified atom stereocenters. The van der Waals surface area contributed by atoms with Gasteiger partial charge in [0.25, 0.3) is 11.5 Å². The van der Waals surface area contributed by atoms with Gasteiger partial charge in [-0.05, 0) is 12.0 Å². The molecule has 2 atom stereocenters. The number of aliphatic hydroxyl groups is 1. The SMILES string of the molecule is CC[C@H](C)[C@H](CO)NC(=O)c1nn(C)c(=O)c2ccccc12. The molecule has 2 aromatic rings. The molecule has 0 spiro atoms. The number of amides is 1. The molecule has 0 bridgehead atoms. The molecule has 6 heteroatoms. The van der Waals surface area contributed by atoms with E-state index < -0.39 is 0 Å². The number of hydrogen-bond acceptors (Lipinski definition) is 4. The van der Waals surface area contributed by atoms with Gasteiger partial charge in [0.2, 0.25) is 0 Å².